The highest BCUT2D eigenvalue weighted by Crippen LogP contribution is 2.37. The summed E-state index contributed by atoms with van der Waals surface area (Å²) in [4.78, 5) is 37.4. The van der Waals surface area contributed by atoms with E-state index in [1.165, 1.54) is 7.05 Å². The van der Waals surface area contributed by atoms with E-state index in [1.807, 2.05) is 26.0 Å². The molecule has 0 aliphatic heterocycles. The van der Waals surface area contributed by atoms with Gasteiger partial charge in [-0.3, -0.25) is 18.9 Å². The molecular formula is C22H25N5O4. The monoisotopic (exact) mass is 423 g/mol. The molecule has 4 aromatic rings. The number of ether oxygens (including phenoxy) is 2. The minimum Gasteiger partial charge on any atom is -0.493 e. The van der Waals surface area contributed by atoms with Gasteiger partial charge in [-0.2, -0.15) is 0 Å². The third kappa shape index (κ3) is 3.45. The molecule has 0 amide bonds. The summed E-state index contributed by atoms with van der Waals surface area (Å²) < 4.78 is 13.7. The van der Waals surface area contributed by atoms with E-state index in [0.717, 1.165) is 20.9 Å². The Kier molecular flexibility index (Phi) is 5.26. The lowest BCUT2D eigenvalue weighted by Crippen LogP contribution is -2.38. The zero-order chi connectivity index (χ0) is 22.3. The molecule has 0 fully saturated rings. The van der Waals surface area contributed by atoms with Gasteiger partial charge in [0, 0.05) is 43.2 Å². The van der Waals surface area contributed by atoms with Crippen molar-refractivity contribution < 1.29 is 9.47 Å². The van der Waals surface area contributed by atoms with E-state index in [4.69, 9.17) is 9.47 Å². The van der Waals surface area contributed by atoms with Gasteiger partial charge in [-0.25, -0.2) is 9.78 Å². The van der Waals surface area contributed by atoms with Crippen LogP contribution in [0.1, 0.15) is 25.2 Å². The average molecular weight is 423 g/mol. The topological polar surface area (TPSA) is 104 Å². The summed E-state index contributed by atoms with van der Waals surface area (Å²) in [6.45, 7) is 4.49. The predicted molar refractivity (Wildman–Crippen MR) is 118 cm³/mol. The van der Waals surface area contributed by atoms with Gasteiger partial charge in [0.1, 0.15) is 11.3 Å². The molecular weight excluding hydrogens is 398 g/mol. The van der Waals surface area contributed by atoms with Crippen molar-refractivity contribution in [3.05, 3.63) is 56.8 Å². The first-order chi connectivity index (χ1) is 14.8. The molecule has 1 N–H and O–H groups in total. The number of nitrogens with zero attached hydrogens (tertiary/aromatic N) is 4. The second-order valence-electron chi connectivity index (χ2n) is 7.91. The molecule has 0 bridgehead atoms. The maximum Gasteiger partial charge on any atom is 0.332 e. The Morgan fingerprint density at radius 1 is 1.13 bits per heavy atom. The molecule has 0 atom stereocenters. The van der Waals surface area contributed by atoms with E-state index >= 15 is 0 Å². The highest BCUT2D eigenvalue weighted by atomic mass is 16.5. The molecule has 9 heteroatoms. The molecule has 3 heterocycles. The average Bonchev–Trinajstić information content (AvgIpc) is 3.18. The van der Waals surface area contributed by atoms with Crippen LogP contribution in [0, 0.1) is 5.92 Å². The van der Waals surface area contributed by atoms with Crippen molar-refractivity contribution in [3.8, 4) is 11.5 Å². The van der Waals surface area contributed by atoms with Gasteiger partial charge in [0.2, 0.25) is 0 Å². The van der Waals surface area contributed by atoms with E-state index in [0.29, 0.717) is 41.5 Å². The largest absolute Gasteiger partial charge is 0.493 e. The van der Waals surface area contributed by atoms with Crippen LogP contribution in [0.25, 0.3) is 21.9 Å². The molecule has 4 rings (SSSR count). The fraction of sp³-hybridized carbons (Fsp3) is 0.364. The minimum atomic E-state index is -0.394. The SMILES string of the molecule is COc1ccc2cncc(Cc3nc4c([nH]3)c(=O)n(C)c(=O)n4CC(C)C)c2c1OC. The second-order valence-corrected chi connectivity index (χ2v) is 7.91. The molecule has 0 radical (unpaired) electrons. The third-order valence-electron chi connectivity index (χ3n) is 5.27. The number of fused-ring (bicyclic) bond motifs is 2. The van der Waals surface area contributed by atoms with Crippen LogP contribution in [0.4, 0.5) is 0 Å². The van der Waals surface area contributed by atoms with Crippen molar-refractivity contribution in [1.82, 2.24) is 24.1 Å². The van der Waals surface area contributed by atoms with E-state index in [-0.39, 0.29) is 11.6 Å². The predicted octanol–water partition coefficient (Wildman–Crippen LogP) is 2.24. The summed E-state index contributed by atoms with van der Waals surface area (Å²) in [7, 11) is 4.66. The van der Waals surface area contributed by atoms with Crippen molar-refractivity contribution in [2.24, 2.45) is 13.0 Å². The van der Waals surface area contributed by atoms with Crippen molar-refractivity contribution in [1.29, 1.82) is 0 Å². The van der Waals surface area contributed by atoms with Crippen LogP contribution >= 0.6 is 0 Å². The Bertz CT molecular complexity index is 1400. The number of aromatic nitrogens is 5. The summed E-state index contributed by atoms with van der Waals surface area (Å²) >= 11 is 0. The lowest BCUT2D eigenvalue weighted by atomic mass is 10.0. The van der Waals surface area contributed by atoms with Crippen LogP contribution in [0.5, 0.6) is 11.5 Å². The van der Waals surface area contributed by atoms with Gasteiger partial charge in [0.25, 0.3) is 5.56 Å². The van der Waals surface area contributed by atoms with Crippen LogP contribution in [0.15, 0.2) is 34.1 Å². The molecule has 0 saturated heterocycles. The first kappa shape index (κ1) is 20.6. The molecule has 3 aromatic heterocycles. The number of pyridine rings is 1. The van der Waals surface area contributed by atoms with Crippen LogP contribution in [0.2, 0.25) is 0 Å². The number of methoxy groups -OCH3 is 2. The molecule has 162 valence electrons. The summed E-state index contributed by atoms with van der Waals surface area (Å²) in [5, 5.41) is 1.77. The van der Waals surface area contributed by atoms with E-state index in [1.54, 1.807) is 31.2 Å². The fourth-order valence-corrected chi connectivity index (χ4v) is 3.86. The Hall–Kier alpha value is -3.62. The summed E-state index contributed by atoms with van der Waals surface area (Å²) in [6, 6.07) is 3.75. The van der Waals surface area contributed by atoms with E-state index in [9.17, 15) is 9.59 Å². The molecule has 0 aliphatic carbocycles. The second kappa shape index (κ2) is 7.90. The lowest BCUT2D eigenvalue weighted by molar-refractivity contribution is 0.358. The maximum absolute atomic E-state index is 12.7. The van der Waals surface area contributed by atoms with E-state index < -0.39 is 5.56 Å². The molecule has 0 aliphatic rings. The van der Waals surface area contributed by atoms with Crippen LogP contribution in [-0.4, -0.2) is 38.3 Å². The third-order valence-corrected chi connectivity index (χ3v) is 5.27. The number of H-pyrrole nitrogens is 1. The number of rotatable bonds is 6. The van der Waals surface area contributed by atoms with Gasteiger partial charge < -0.3 is 14.5 Å². The first-order valence-electron chi connectivity index (χ1n) is 10.0. The zero-order valence-electron chi connectivity index (χ0n) is 18.2. The molecule has 0 spiro atoms. The number of hydrogen-bond acceptors (Lipinski definition) is 6. The number of benzene rings is 1. The standard InChI is InChI=1S/C22H25N5O4/c1-12(2)11-27-20-18(21(28)26(3)22(27)29)24-16(25-20)8-14-10-23-9-13-6-7-15(30-4)19(31-5)17(13)14/h6-7,9-10,12H,8,11H2,1-5H3,(H,24,25). The molecule has 31 heavy (non-hydrogen) atoms. The van der Waals surface area contributed by atoms with Gasteiger partial charge >= 0.3 is 5.69 Å². The van der Waals surface area contributed by atoms with E-state index in [2.05, 4.69) is 15.0 Å². The van der Waals surface area contributed by atoms with Crippen molar-refractivity contribution in [3.63, 3.8) is 0 Å². The van der Waals surface area contributed by atoms with Crippen molar-refractivity contribution in [2.75, 3.05) is 14.2 Å². The summed E-state index contributed by atoms with van der Waals surface area (Å²) in [6.07, 6.45) is 3.88. The van der Waals surface area contributed by atoms with Gasteiger partial charge in [-0.05, 0) is 23.6 Å². The van der Waals surface area contributed by atoms with Crippen LogP contribution < -0.4 is 20.7 Å². The fourth-order valence-electron chi connectivity index (χ4n) is 3.86. The number of hydrogen-bond donors (Lipinski definition) is 1. The van der Waals surface area contributed by atoms with Gasteiger partial charge in [0.15, 0.2) is 17.1 Å². The smallest absolute Gasteiger partial charge is 0.332 e. The van der Waals surface area contributed by atoms with Crippen molar-refractivity contribution in [2.45, 2.75) is 26.8 Å². The molecule has 1 aromatic carbocycles. The van der Waals surface area contributed by atoms with Crippen LogP contribution in [0.3, 0.4) is 0 Å². The number of nitrogens with one attached hydrogen (secondary N) is 1. The Balaban J connectivity index is 1.90. The Morgan fingerprint density at radius 3 is 2.58 bits per heavy atom. The summed E-state index contributed by atoms with van der Waals surface area (Å²) in [5.41, 5.74) is 0.781. The number of aromatic amines is 1. The first-order valence-corrected chi connectivity index (χ1v) is 10.0. The maximum atomic E-state index is 12.7. The van der Waals surface area contributed by atoms with Crippen molar-refractivity contribution >= 4 is 21.9 Å². The van der Waals surface area contributed by atoms with Gasteiger partial charge in [-0.15, -0.1) is 0 Å². The number of imidazole rings is 1. The zero-order valence-corrected chi connectivity index (χ0v) is 18.2. The lowest BCUT2D eigenvalue weighted by Gasteiger charge is -2.13. The van der Waals surface area contributed by atoms with Gasteiger partial charge in [-0.1, -0.05) is 13.8 Å². The highest BCUT2D eigenvalue weighted by molar-refractivity contribution is 5.93. The van der Waals surface area contributed by atoms with Crippen LogP contribution in [-0.2, 0) is 20.0 Å². The Morgan fingerprint density at radius 2 is 1.90 bits per heavy atom. The minimum absolute atomic E-state index is 0.220. The summed E-state index contributed by atoms with van der Waals surface area (Å²) in [5.74, 6) is 2.01. The molecule has 0 unspecified atom stereocenters. The van der Waals surface area contributed by atoms with Gasteiger partial charge in [0.05, 0.1) is 14.2 Å². The molecule has 0 saturated carbocycles. The normalized spacial score (nSPS) is 11.5. The Labute approximate surface area is 178 Å². The quantitative estimate of drug-likeness (QED) is 0.510. The highest BCUT2D eigenvalue weighted by Gasteiger charge is 2.18. The molecule has 9 nitrogen and oxygen atoms in total.